The van der Waals surface area contributed by atoms with Crippen LogP contribution in [0.25, 0.3) is 6.08 Å². The van der Waals surface area contributed by atoms with Gasteiger partial charge in [0.05, 0.1) is 12.3 Å². The summed E-state index contributed by atoms with van der Waals surface area (Å²) in [4.78, 5) is 15.7. The van der Waals surface area contributed by atoms with E-state index in [1.165, 1.54) is 17.2 Å². The minimum atomic E-state index is -0.737. The number of aliphatic hydroxyl groups is 1. The number of pyridine rings is 1. The zero-order valence-corrected chi connectivity index (χ0v) is 15.0. The first-order chi connectivity index (χ1) is 12.0. The molecule has 1 N–H and O–H groups in total. The van der Waals surface area contributed by atoms with Crippen LogP contribution >= 0.6 is 0 Å². The molecule has 0 aliphatic carbocycles. The van der Waals surface area contributed by atoms with Crippen LogP contribution in [0.2, 0.25) is 0 Å². The maximum Gasteiger partial charge on any atom is 0.373 e. The maximum atomic E-state index is 11.4. The van der Waals surface area contributed by atoms with E-state index in [1.54, 1.807) is 19.2 Å². The number of esters is 1. The molecule has 0 atom stereocenters. The Morgan fingerprint density at radius 1 is 1.20 bits per heavy atom. The molecule has 0 saturated carbocycles. The zero-order chi connectivity index (χ0) is 18.2. The second-order valence-electron chi connectivity index (χ2n) is 6.19. The van der Waals surface area contributed by atoms with E-state index in [9.17, 15) is 9.90 Å². The highest BCUT2D eigenvalue weighted by Gasteiger charge is 2.09. The first-order valence-corrected chi connectivity index (χ1v) is 8.61. The summed E-state index contributed by atoms with van der Waals surface area (Å²) in [5, 5.41) is 9.65. The molecule has 0 amide bonds. The van der Waals surface area contributed by atoms with Gasteiger partial charge in [0, 0.05) is 12.3 Å². The fraction of sp³-hybridized carbons (Fsp3) is 0.333. The van der Waals surface area contributed by atoms with Gasteiger partial charge < -0.3 is 9.84 Å². The summed E-state index contributed by atoms with van der Waals surface area (Å²) in [6.45, 7) is 6.33. The number of ether oxygens (including phenoxy) is 1. The number of aryl methyl sites for hydroxylation is 2. The van der Waals surface area contributed by atoms with Gasteiger partial charge in [-0.05, 0) is 48.4 Å². The molecule has 132 valence electrons. The molecule has 1 aromatic carbocycles. The van der Waals surface area contributed by atoms with E-state index in [0.717, 1.165) is 18.4 Å². The average molecular weight is 339 g/mol. The predicted molar refractivity (Wildman–Crippen MR) is 99.4 cm³/mol. The second kappa shape index (κ2) is 9.02. The van der Waals surface area contributed by atoms with E-state index in [2.05, 4.69) is 43.1 Å². The van der Waals surface area contributed by atoms with E-state index in [0.29, 0.717) is 11.6 Å². The summed E-state index contributed by atoms with van der Waals surface area (Å²) >= 11 is 0. The summed E-state index contributed by atoms with van der Waals surface area (Å²) in [5.74, 6) is -0.667. The van der Waals surface area contributed by atoms with Crippen LogP contribution in [0.4, 0.5) is 0 Å². The highest BCUT2D eigenvalue weighted by molar-refractivity contribution is 5.90. The smallest absolute Gasteiger partial charge is 0.373 e. The van der Waals surface area contributed by atoms with E-state index in [1.807, 2.05) is 6.07 Å². The van der Waals surface area contributed by atoms with E-state index >= 15 is 0 Å². The molecule has 0 bridgehead atoms. The molecule has 1 heterocycles. The monoisotopic (exact) mass is 339 g/mol. The topological polar surface area (TPSA) is 59.4 Å². The van der Waals surface area contributed by atoms with Crippen molar-refractivity contribution in [2.75, 3.05) is 6.61 Å². The van der Waals surface area contributed by atoms with Crippen LogP contribution in [0, 0.1) is 0 Å². The Kier molecular flexibility index (Phi) is 6.75. The molecule has 4 nitrogen and oxygen atoms in total. The van der Waals surface area contributed by atoms with Crippen molar-refractivity contribution >= 4 is 12.0 Å². The molecule has 2 rings (SSSR count). The highest BCUT2D eigenvalue weighted by Crippen LogP contribution is 2.20. The minimum Gasteiger partial charge on any atom is -0.502 e. The summed E-state index contributed by atoms with van der Waals surface area (Å²) < 4.78 is 4.73. The Labute approximate surface area is 149 Å². The third kappa shape index (κ3) is 5.45. The normalized spacial score (nSPS) is 11.6. The van der Waals surface area contributed by atoms with Gasteiger partial charge >= 0.3 is 5.97 Å². The number of hydrogen-bond donors (Lipinski definition) is 1. The van der Waals surface area contributed by atoms with Crippen molar-refractivity contribution < 1.29 is 14.6 Å². The Hall–Kier alpha value is -2.62. The second-order valence-corrected chi connectivity index (χ2v) is 6.19. The third-order valence-electron chi connectivity index (χ3n) is 3.98. The predicted octanol–water partition coefficient (Wildman–Crippen LogP) is 4.45. The van der Waals surface area contributed by atoms with E-state index < -0.39 is 11.7 Å². The summed E-state index contributed by atoms with van der Waals surface area (Å²) in [6.07, 6.45) is 4.95. The molecule has 0 radical (unpaired) electrons. The number of benzene rings is 1. The molecule has 4 heteroatoms. The van der Waals surface area contributed by atoms with Crippen molar-refractivity contribution in [3.8, 4) is 0 Å². The Balaban J connectivity index is 2.02. The summed E-state index contributed by atoms with van der Waals surface area (Å²) in [7, 11) is 0. The quantitative estimate of drug-likeness (QED) is 0.460. The lowest BCUT2D eigenvalue weighted by Gasteiger charge is -2.12. The molecule has 0 aliphatic rings. The fourth-order valence-corrected chi connectivity index (χ4v) is 2.68. The van der Waals surface area contributed by atoms with Crippen molar-refractivity contribution in [1.82, 2.24) is 4.98 Å². The number of carbonyl (C=O) groups excluding carboxylic acids is 1. The van der Waals surface area contributed by atoms with Crippen LogP contribution in [0.5, 0.6) is 0 Å². The van der Waals surface area contributed by atoms with Crippen LogP contribution in [0.1, 0.15) is 49.1 Å². The standard InChI is InChI=1S/C21H25NO3/c1-4-25-21(24)20(23)13-18-12-10-16(14-22-18)9-11-17-7-5-6-8-19(17)15(2)3/h5-8,10,12-15,23H,4,9,11H2,1-3H3/b20-13-. The van der Waals surface area contributed by atoms with E-state index in [4.69, 9.17) is 4.74 Å². The van der Waals surface area contributed by atoms with Crippen LogP contribution in [0.3, 0.4) is 0 Å². The molecule has 2 aromatic rings. The zero-order valence-electron chi connectivity index (χ0n) is 15.0. The summed E-state index contributed by atoms with van der Waals surface area (Å²) in [5.41, 5.74) is 4.39. The highest BCUT2D eigenvalue weighted by atomic mass is 16.5. The molecule has 0 spiro atoms. The van der Waals surface area contributed by atoms with Gasteiger partial charge in [-0.2, -0.15) is 0 Å². The van der Waals surface area contributed by atoms with Gasteiger partial charge in [0.1, 0.15) is 0 Å². The van der Waals surface area contributed by atoms with Gasteiger partial charge in [-0.25, -0.2) is 4.79 Å². The lowest BCUT2D eigenvalue weighted by Crippen LogP contribution is -2.07. The van der Waals surface area contributed by atoms with Gasteiger partial charge in [-0.1, -0.05) is 44.2 Å². The Morgan fingerprint density at radius 3 is 2.60 bits per heavy atom. The SMILES string of the molecule is CCOC(=O)/C(O)=C/c1ccc(CCc2ccccc2C(C)C)cn1. The molecule has 25 heavy (non-hydrogen) atoms. The number of hydrogen-bond acceptors (Lipinski definition) is 4. The molecule has 0 unspecified atom stereocenters. The van der Waals surface area contributed by atoms with Gasteiger partial charge in [0.15, 0.2) is 0 Å². The van der Waals surface area contributed by atoms with Crippen LogP contribution in [0.15, 0.2) is 48.4 Å². The molecular weight excluding hydrogens is 314 g/mol. The molecule has 0 aliphatic heterocycles. The lowest BCUT2D eigenvalue weighted by atomic mass is 9.93. The van der Waals surface area contributed by atoms with Crippen molar-refractivity contribution in [2.45, 2.75) is 39.5 Å². The third-order valence-corrected chi connectivity index (χ3v) is 3.98. The fourth-order valence-electron chi connectivity index (χ4n) is 2.68. The number of nitrogens with zero attached hydrogens (tertiary/aromatic N) is 1. The minimum absolute atomic E-state index is 0.223. The van der Waals surface area contributed by atoms with Crippen molar-refractivity contribution in [2.24, 2.45) is 0 Å². The largest absolute Gasteiger partial charge is 0.502 e. The number of aliphatic hydroxyl groups excluding tert-OH is 1. The van der Waals surface area contributed by atoms with Crippen molar-refractivity contribution in [1.29, 1.82) is 0 Å². The van der Waals surface area contributed by atoms with Crippen molar-refractivity contribution in [3.63, 3.8) is 0 Å². The number of carbonyl (C=O) groups is 1. The number of aromatic nitrogens is 1. The lowest BCUT2D eigenvalue weighted by molar-refractivity contribution is -0.141. The maximum absolute atomic E-state index is 11.4. The molecule has 1 aromatic heterocycles. The molecular formula is C21H25NO3. The average Bonchev–Trinajstić information content (AvgIpc) is 2.61. The first kappa shape index (κ1) is 18.7. The summed E-state index contributed by atoms with van der Waals surface area (Å²) in [6, 6.07) is 12.3. The number of rotatable bonds is 7. The van der Waals surface area contributed by atoms with Crippen LogP contribution in [-0.2, 0) is 22.4 Å². The van der Waals surface area contributed by atoms with Gasteiger partial charge in [-0.15, -0.1) is 0 Å². The van der Waals surface area contributed by atoms with E-state index in [-0.39, 0.29) is 6.61 Å². The van der Waals surface area contributed by atoms with Crippen LogP contribution in [-0.4, -0.2) is 22.7 Å². The van der Waals surface area contributed by atoms with Crippen molar-refractivity contribution in [3.05, 3.63) is 70.7 Å². The Bertz CT molecular complexity index is 733. The van der Waals surface area contributed by atoms with Crippen LogP contribution < -0.4 is 0 Å². The van der Waals surface area contributed by atoms with Gasteiger partial charge in [0.2, 0.25) is 5.76 Å². The van der Waals surface area contributed by atoms with Gasteiger partial charge in [0.25, 0.3) is 0 Å². The molecule has 0 saturated heterocycles. The molecule has 0 fully saturated rings. The van der Waals surface area contributed by atoms with Gasteiger partial charge in [-0.3, -0.25) is 4.98 Å². The Morgan fingerprint density at radius 2 is 1.96 bits per heavy atom. The first-order valence-electron chi connectivity index (χ1n) is 8.61.